The average molecular weight is 511 g/mol. The smallest absolute Gasteiger partial charge is 0.143 e. The van der Waals surface area contributed by atoms with Gasteiger partial charge in [0.05, 0.1) is 0 Å². The van der Waals surface area contributed by atoms with Gasteiger partial charge in [0.2, 0.25) is 0 Å². The van der Waals surface area contributed by atoms with Crippen molar-refractivity contribution in [1.82, 2.24) is 0 Å². The maximum Gasteiger partial charge on any atom is 0.143 e. The topological polar surface area (TPSA) is 13.1 Å². The van der Waals surface area contributed by atoms with E-state index in [1.165, 1.54) is 60.1 Å². The lowest BCUT2D eigenvalue weighted by molar-refractivity contribution is 0.666. The summed E-state index contributed by atoms with van der Waals surface area (Å²) in [5.74, 6) is 0. The number of para-hydroxylation sites is 2. The van der Waals surface area contributed by atoms with Crippen LogP contribution in [0.5, 0.6) is 0 Å². The second kappa shape index (κ2) is 7.61. The van der Waals surface area contributed by atoms with Crippen LogP contribution < -0.4 is 0 Å². The molecule has 0 bridgehead atoms. The van der Waals surface area contributed by atoms with E-state index < -0.39 is 0 Å². The molecule has 40 heavy (non-hydrogen) atoms. The van der Waals surface area contributed by atoms with Crippen LogP contribution in [0.3, 0.4) is 0 Å². The van der Waals surface area contributed by atoms with Crippen LogP contribution >= 0.6 is 0 Å². The van der Waals surface area contributed by atoms with Crippen LogP contribution in [0.25, 0.3) is 76.5 Å². The van der Waals surface area contributed by atoms with Crippen molar-refractivity contribution in [1.29, 1.82) is 0 Å². The average Bonchev–Trinajstić information content (AvgIpc) is 3.49. The van der Waals surface area contributed by atoms with Gasteiger partial charge in [-0.2, -0.15) is 0 Å². The monoisotopic (exact) mass is 510 g/mol. The summed E-state index contributed by atoms with van der Waals surface area (Å²) >= 11 is 0. The summed E-state index contributed by atoms with van der Waals surface area (Å²) in [6, 6.07) is 44.3. The highest BCUT2D eigenvalue weighted by Gasteiger charge is 2.37. The quantitative estimate of drug-likeness (QED) is 0.200. The van der Waals surface area contributed by atoms with Crippen LogP contribution in [-0.4, -0.2) is 0 Å². The van der Waals surface area contributed by atoms with Crippen molar-refractivity contribution in [3.8, 4) is 22.3 Å². The van der Waals surface area contributed by atoms with Gasteiger partial charge in [-0.1, -0.05) is 123 Å². The largest absolute Gasteiger partial charge is 0.455 e. The Kier molecular flexibility index (Phi) is 4.18. The fourth-order valence-electron chi connectivity index (χ4n) is 7.46. The van der Waals surface area contributed by atoms with Crippen molar-refractivity contribution in [2.45, 2.75) is 19.3 Å². The second-order valence-corrected chi connectivity index (χ2v) is 11.7. The minimum absolute atomic E-state index is 0.0707. The molecule has 1 heteroatoms. The number of hydrogen-bond donors (Lipinski definition) is 0. The van der Waals surface area contributed by atoms with Gasteiger partial charge in [-0.25, -0.2) is 0 Å². The third-order valence-corrected chi connectivity index (χ3v) is 9.23. The normalized spacial score (nSPS) is 13.9. The van der Waals surface area contributed by atoms with Crippen molar-refractivity contribution in [2.75, 3.05) is 0 Å². The van der Waals surface area contributed by atoms with Crippen LogP contribution in [0.2, 0.25) is 0 Å². The molecule has 0 N–H and O–H groups in total. The molecular formula is C39H26O. The zero-order chi connectivity index (χ0) is 26.6. The molecule has 0 saturated carbocycles. The predicted octanol–water partition coefficient (Wildman–Crippen LogP) is 11.0. The molecule has 8 aromatic rings. The Morgan fingerprint density at radius 3 is 2.02 bits per heavy atom. The van der Waals surface area contributed by atoms with Gasteiger partial charge in [0.25, 0.3) is 0 Å². The molecule has 0 unspecified atom stereocenters. The van der Waals surface area contributed by atoms with Crippen molar-refractivity contribution in [3.63, 3.8) is 0 Å². The summed E-state index contributed by atoms with van der Waals surface area (Å²) in [5.41, 5.74) is 9.70. The first-order chi connectivity index (χ1) is 19.6. The summed E-state index contributed by atoms with van der Waals surface area (Å²) in [6.07, 6.45) is 0. The van der Waals surface area contributed by atoms with Crippen molar-refractivity contribution >= 4 is 54.3 Å². The van der Waals surface area contributed by atoms with E-state index in [-0.39, 0.29) is 5.41 Å². The molecule has 0 amide bonds. The molecule has 1 aliphatic rings. The first-order valence-electron chi connectivity index (χ1n) is 14.0. The number of benzene rings is 7. The van der Waals surface area contributed by atoms with E-state index in [0.717, 1.165) is 27.5 Å². The van der Waals surface area contributed by atoms with Gasteiger partial charge >= 0.3 is 0 Å². The van der Waals surface area contributed by atoms with Gasteiger partial charge in [-0.15, -0.1) is 0 Å². The molecule has 9 rings (SSSR count). The number of rotatable bonds is 1. The minimum atomic E-state index is -0.0707. The standard InChI is InChI=1S/C39H26O/c1-39(2)34-16-7-5-11-27(34)31-21-20-30-26-19-18-23(22-33(26)25-10-3-4-13-29(25)36(30)37(31)39)24-14-9-15-32-28-12-6-8-17-35(28)40-38(24)32/h3-22H,1-2H3. The van der Waals surface area contributed by atoms with Crippen LogP contribution in [0.15, 0.2) is 126 Å². The van der Waals surface area contributed by atoms with Crippen LogP contribution in [0.1, 0.15) is 25.0 Å². The summed E-state index contributed by atoms with van der Waals surface area (Å²) in [7, 11) is 0. The molecule has 0 saturated heterocycles. The lowest BCUT2D eigenvalue weighted by Gasteiger charge is -2.24. The van der Waals surface area contributed by atoms with E-state index in [2.05, 4.69) is 129 Å². The van der Waals surface area contributed by atoms with Crippen molar-refractivity contribution < 1.29 is 4.42 Å². The molecule has 0 aliphatic heterocycles. The minimum Gasteiger partial charge on any atom is -0.455 e. The predicted molar refractivity (Wildman–Crippen MR) is 169 cm³/mol. The van der Waals surface area contributed by atoms with E-state index in [4.69, 9.17) is 4.42 Å². The summed E-state index contributed by atoms with van der Waals surface area (Å²) in [4.78, 5) is 0. The highest BCUT2D eigenvalue weighted by molar-refractivity contribution is 6.28. The zero-order valence-corrected chi connectivity index (χ0v) is 22.5. The molecule has 0 spiro atoms. The van der Waals surface area contributed by atoms with E-state index in [0.29, 0.717) is 0 Å². The first-order valence-corrected chi connectivity index (χ1v) is 14.0. The molecule has 0 radical (unpaired) electrons. The zero-order valence-electron chi connectivity index (χ0n) is 22.5. The SMILES string of the molecule is CC1(C)c2ccccc2-c2ccc3c4ccc(-c5cccc6c5oc5ccccc56)cc4c4ccccc4c3c21. The summed E-state index contributed by atoms with van der Waals surface area (Å²) < 4.78 is 6.41. The summed E-state index contributed by atoms with van der Waals surface area (Å²) in [6.45, 7) is 4.76. The van der Waals surface area contributed by atoms with Gasteiger partial charge in [0.1, 0.15) is 11.2 Å². The number of hydrogen-bond acceptors (Lipinski definition) is 1. The van der Waals surface area contributed by atoms with Crippen LogP contribution in [0, 0.1) is 0 Å². The van der Waals surface area contributed by atoms with Crippen molar-refractivity contribution in [3.05, 3.63) is 132 Å². The third kappa shape index (κ3) is 2.72. The van der Waals surface area contributed by atoms with E-state index in [1.807, 2.05) is 6.07 Å². The van der Waals surface area contributed by atoms with Crippen LogP contribution in [-0.2, 0) is 5.41 Å². The highest BCUT2D eigenvalue weighted by atomic mass is 16.3. The molecule has 1 heterocycles. The lowest BCUT2D eigenvalue weighted by Crippen LogP contribution is -2.15. The van der Waals surface area contributed by atoms with E-state index >= 15 is 0 Å². The Hall–Kier alpha value is -4.88. The van der Waals surface area contributed by atoms with Gasteiger partial charge in [-0.05, 0) is 72.3 Å². The Bertz CT molecular complexity index is 2330. The Labute approximate surface area is 232 Å². The molecule has 1 aromatic heterocycles. The molecular weight excluding hydrogens is 484 g/mol. The van der Waals surface area contributed by atoms with Gasteiger partial charge in [0, 0.05) is 21.8 Å². The third-order valence-electron chi connectivity index (χ3n) is 9.23. The lowest BCUT2D eigenvalue weighted by atomic mass is 9.78. The molecule has 7 aromatic carbocycles. The molecule has 1 nitrogen and oxygen atoms in total. The first kappa shape index (κ1) is 22.0. The highest BCUT2D eigenvalue weighted by Crippen LogP contribution is 2.53. The van der Waals surface area contributed by atoms with Crippen LogP contribution in [0.4, 0.5) is 0 Å². The summed E-state index contributed by atoms with van der Waals surface area (Å²) in [5, 5.41) is 10.2. The molecule has 0 atom stereocenters. The van der Waals surface area contributed by atoms with Gasteiger partial charge in [-0.3, -0.25) is 0 Å². The maximum atomic E-state index is 6.41. The Balaban J connectivity index is 1.38. The fourth-order valence-corrected chi connectivity index (χ4v) is 7.46. The van der Waals surface area contributed by atoms with Gasteiger partial charge < -0.3 is 4.42 Å². The van der Waals surface area contributed by atoms with E-state index in [1.54, 1.807) is 0 Å². The molecule has 1 aliphatic carbocycles. The molecule has 188 valence electrons. The maximum absolute atomic E-state index is 6.41. The number of fused-ring (bicyclic) bond motifs is 13. The van der Waals surface area contributed by atoms with E-state index in [9.17, 15) is 0 Å². The Morgan fingerprint density at radius 2 is 1.12 bits per heavy atom. The Morgan fingerprint density at radius 1 is 0.475 bits per heavy atom. The number of furan rings is 1. The van der Waals surface area contributed by atoms with Crippen molar-refractivity contribution in [2.24, 2.45) is 0 Å². The fraction of sp³-hybridized carbons (Fsp3) is 0.0769. The second-order valence-electron chi connectivity index (χ2n) is 11.7. The van der Waals surface area contributed by atoms with Gasteiger partial charge in [0.15, 0.2) is 0 Å². The molecule has 0 fully saturated rings.